The van der Waals surface area contributed by atoms with Crippen LogP contribution in [-0.4, -0.2) is 16.5 Å². The summed E-state index contributed by atoms with van der Waals surface area (Å²) in [4.78, 5) is 10.8. The third-order valence-electron chi connectivity index (χ3n) is 3.26. The predicted octanol–water partition coefficient (Wildman–Crippen LogP) is 3.47. The molecule has 1 aromatic heterocycles. The minimum Gasteiger partial charge on any atom is -0.325 e. The molecule has 3 rings (SSSR count). The Balaban J connectivity index is 2.09. The van der Waals surface area contributed by atoms with Gasteiger partial charge in [0, 0.05) is 18.4 Å². The maximum Gasteiger partial charge on any atom is 0.149 e. The van der Waals surface area contributed by atoms with Crippen LogP contribution in [0.2, 0.25) is 0 Å². The molecular formula is C14H14IN3. The lowest BCUT2D eigenvalue weighted by atomic mass is 9.99. The average Bonchev–Trinajstić information content (AvgIpc) is 2.38. The molecule has 0 unspecified atom stereocenters. The SMILES string of the molecule is Cc1ccc2c(c1)CCCN2c1ncncc1I. The highest BCUT2D eigenvalue weighted by Crippen LogP contribution is 2.34. The summed E-state index contributed by atoms with van der Waals surface area (Å²) < 4.78 is 1.10. The Kier molecular flexibility index (Phi) is 3.20. The van der Waals surface area contributed by atoms with Gasteiger partial charge in [-0.25, -0.2) is 9.97 Å². The van der Waals surface area contributed by atoms with Crippen molar-refractivity contribution in [2.45, 2.75) is 19.8 Å². The molecule has 0 saturated carbocycles. The number of benzene rings is 1. The summed E-state index contributed by atoms with van der Waals surface area (Å²) in [5.41, 5.74) is 4.05. The van der Waals surface area contributed by atoms with Crippen LogP contribution in [0.1, 0.15) is 17.5 Å². The molecule has 1 aliphatic rings. The lowest BCUT2D eigenvalue weighted by molar-refractivity contribution is 0.756. The van der Waals surface area contributed by atoms with Crippen molar-refractivity contribution in [2.75, 3.05) is 11.4 Å². The molecule has 0 bridgehead atoms. The third-order valence-corrected chi connectivity index (χ3v) is 4.02. The van der Waals surface area contributed by atoms with Gasteiger partial charge in [-0.2, -0.15) is 0 Å². The van der Waals surface area contributed by atoms with Crippen LogP contribution in [0, 0.1) is 10.5 Å². The first-order valence-corrected chi connectivity index (χ1v) is 7.16. The summed E-state index contributed by atoms with van der Waals surface area (Å²) in [6.07, 6.45) is 5.83. The summed E-state index contributed by atoms with van der Waals surface area (Å²) in [5.74, 6) is 1.02. The second kappa shape index (κ2) is 4.84. The number of nitrogens with zero attached hydrogens (tertiary/aromatic N) is 3. The minimum absolute atomic E-state index is 1.02. The number of hydrogen-bond acceptors (Lipinski definition) is 3. The topological polar surface area (TPSA) is 29.0 Å². The van der Waals surface area contributed by atoms with Gasteiger partial charge in [-0.05, 0) is 54.0 Å². The molecule has 0 fully saturated rings. The Hall–Kier alpha value is -1.17. The molecule has 0 spiro atoms. The van der Waals surface area contributed by atoms with Crippen molar-refractivity contribution < 1.29 is 0 Å². The first kappa shape index (κ1) is 11.9. The molecule has 92 valence electrons. The molecule has 0 amide bonds. The van der Waals surface area contributed by atoms with E-state index in [9.17, 15) is 0 Å². The van der Waals surface area contributed by atoms with Crippen molar-refractivity contribution in [3.8, 4) is 0 Å². The molecule has 0 N–H and O–H groups in total. The molecule has 4 heteroatoms. The van der Waals surface area contributed by atoms with Crippen LogP contribution in [0.5, 0.6) is 0 Å². The smallest absolute Gasteiger partial charge is 0.149 e. The zero-order chi connectivity index (χ0) is 12.5. The molecule has 2 aromatic rings. The summed E-state index contributed by atoms with van der Waals surface area (Å²) in [5, 5.41) is 0. The number of aromatic nitrogens is 2. The van der Waals surface area contributed by atoms with Gasteiger partial charge in [0.2, 0.25) is 0 Å². The molecule has 1 aliphatic heterocycles. The van der Waals surface area contributed by atoms with E-state index in [0.29, 0.717) is 0 Å². The average molecular weight is 351 g/mol. The maximum atomic E-state index is 4.43. The highest BCUT2D eigenvalue weighted by molar-refractivity contribution is 14.1. The van der Waals surface area contributed by atoms with Crippen molar-refractivity contribution in [1.29, 1.82) is 0 Å². The van der Waals surface area contributed by atoms with Gasteiger partial charge in [-0.1, -0.05) is 17.7 Å². The zero-order valence-corrected chi connectivity index (χ0v) is 12.4. The zero-order valence-electron chi connectivity index (χ0n) is 10.2. The quantitative estimate of drug-likeness (QED) is 0.737. The fraction of sp³-hybridized carbons (Fsp3) is 0.286. The lowest BCUT2D eigenvalue weighted by Gasteiger charge is -2.31. The fourth-order valence-corrected chi connectivity index (χ4v) is 3.04. The Morgan fingerprint density at radius 3 is 3.06 bits per heavy atom. The van der Waals surface area contributed by atoms with Crippen LogP contribution in [0.25, 0.3) is 0 Å². The molecule has 18 heavy (non-hydrogen) atoms. The van der Waals surface area contributed by atoms with Crippen LogP contribution in [0.3, 0.4) is 0 Å². The fourth-order valence-electron chi connectivity index (χ4n) is 2.45. The second-order valence-electron chi connectivity index (χ2n) is 4.58. The van der Waals surface area contributed by atoms with Gasteiger partial charge >= 0.3 is 0 Å². The van der Waals surface area contributed by atoms with Crippen LogP contribution in [-0.2, 0) is 6.42 Å². The van der Waals surface area contributed by atoms with E-state index in [1.807, 2.05) is 6.20 Å². The van der Waals surface area contributed by atoms with Crippen molar-refractivity contribution in [3.05, 3.63) is 45.4 Å². The summed E-state index contributed by atoms with van der Waals surface area (Å²) in [7, 11) is 0. The first-order valence-electron chi connectivity index (χ1n) is 6.08. The Bertz CT molecular complexity index is 583. The Labute approximate surface area is 120 Å². The van der Waals surface area contributed by atoms with E-state index in [1.165, 1.54) is 23.2 Å². The third kappa shape index (κ3) is 2.09. The normalized spacial score (nSPS) is 14.4. The van der Waals surface area contributed by atoms with Crippen molar-refractivity contribution >= 4 is 34.1 Å². The van der Waals surface area contributed by atoms with Gasteiger partial charge in [0.05, 0.1) is 3.57 Å². The van der Waals surface area contributed by atoms with Crippen molar-refractivity contribution in [3.63, 3.8) is 0 Å². The minimum atomic E-state index is 1.02. The standard InChI is InChI=1S/C14H14IN3/c1-10-4-5-13-11(7-10)3-2-6-18(13)14-12(15)8-16-9-17-14/h4-5,7-9H,2-3,6H2,1H3. The van der Waals surface area contributed by atoms with Gasteiger partial charge in [0.25, 0.3) is 0 Å². The number of halogens is 1. The molecule has 0 saturated heterocycles. The first-order chi connectivity index (χ1) is 8.75. The number of aryl methyl sites for hydroxylation is 2. The van der Waals surface area contributed by atoms with Crippen LogP contribution < -0.4 is 4.90 Å². The van der Waals surface area contributed by atoms with Crippen LogP contribution >= 0.6 is 22.6 Å². The van der Waals surface area contributed by atoms with E-state index in [0.717, 1.165) is 22.4 Å². The summed E-state index contributed by atoms with van der Waals surface area (Å²) in [6, 6.07) is 6.67. The highest BCUT2D eigenvalue weighted by atomic mass is 127. The van der Waals surface area contributed by atoms with E-state index >= 15 is 0 Å². The Morgan fingerprint density at radius 1 is 1.33 bits per heavy atom. The van der Waals surface area contributed by atoms with E-state index in [4.69, 9.17) is 0 Å². The number of rotatable bonds is 1. The highest BCUT2D eigenvalue weighted by Gasteiger charge is 2.20. The molecule has 0 aliphatic carbocycles. The number of fused-ring (bicyclic) bond motifs is 1. The predicted molar refractivity (Wildman–Crippen MR) is 81.3 cm³/mol. The van der Waals surface area contributed by atoms with Crippen molar-refractivity contribution in [2.24, 2.45) is 0 Å². The molecule has 2 heterocycles. The second-order valence-corrected chi connectivity index (χ2v) is 5.74. The van der Waals surface area contributed by atoms with Gasteiger partial charge in [0.15, 0.2) is 0 Å². The molecule has 3 nitrogen and oxygen atoms in total. The van der Waals surface area contributed by atoms with Gasteiger partial charge in [-0.15, -0.1) is 0 Å². The molecule has 0 atom stereocenters. The summed E-state index contributed by atoms with van der Waals surface area (Å²) >= 11 is 2.30. The maximum absolute atomic E-state index is 4.43. The molecular weight excluding hydrogens is 337 g/mol. The largest absolute Gasteiger partial charge is 0.325 e. The summed E-state index contributed by atoms with van der Waals surface area (Å²) in [6.45, 7) is 3.18. The van der Waals surface area contributed by atoms with E-state index in [1.54, 1.807) is 6.33 Å². The molecule has 0 radical (unpaired) electrons. The lowest BCUT2D eigenvalue weighted by Crippen LogP contribution is -2.26. The van der Waals surface area contributed by atoms with Gasteiger partial charge < -0.3 is 4.90 Å². The number of hydrogen-bond donors (Lipinski definition) is 0. The van der Waals surface area contributed by atoms with Gasteiger partial charge in [0.1, 0.15) is 12.1 Å². The van der Waals surface area contributed by atoms with Gasteiger partial charge in [-0.3, -0.25) is 0 Å². The van der Waals surface area contributed by atoms with Crippen LogP contribution in [0.15, 0.2) is 30.7 Å². The van der Waals surface area contributed by atoms with E-state index < -0.39 is 0 Å². The van der Waals surface area contributed by atoms with E-state index in [2.05, 4.69) is 62.6 Å². The number of anilines is 2. The molecule has 1 aromatic carbocycles. The Morgan fingerprint density at radius 2 is 2.22 bits per heavy atom. The van der Waals surface area contributed by atoms with Crippen molar-refractivity contribution in [1.82, 2.24) is 9.97 Å². The van der Waals surface area contributed by atoms with Crippen LogP contribution in [0.4, 0.5) is 11.5 Å². The van der Waals surface area contributed by atoms with E-state index in [-0.39, 0.29) is 0 Å². The monoisotopic (exact) mass is 351 g/mol.